The first-order valence-corrected chi connectivity index (χ1v) is 13.1. The molecule has 5 N–H and O–H groups in total. The molecule has 2 aliphatic rings. The Kier molecular flexibility index (Phi) is 6.46. The van der Waals surface area contributed by atoms with Crippen molar-refractivity contribution < 1.29 is 9.90 Å². The predicted molar refractivity (Wildman–Crippen MR) is 133 cm³/mol. The van der Waals surface area contributed by atoms with Crippen molar-refractivity contribution in [3.8, 4) is 0 Å². The molecule has 2 fully saturated rings. The molecule has 3 aromatic rings. The highest BCUT2D eigenvalue weighted by atomic mass is 32.1. The number of hydrogen-bond acceptors (Lipinski definition) is 10. The minimum absolute atomic E-state index is 0.143. The number of aromatic nitrogens is 3. The van der Waals surface area contributed by atoms with Crippen LogP contribution >= 0.6 is 22.9 Å². The molecule has 33 heavy (non-hydrogen) atoms. The lowest BCUT2D eigenvalue weighted by Gasteiger charge is -2.33. The summed E-state index contributed by atoms with van der Waals surface area (Å²) >= 11 is 2.83. The van der Waals surface area contributed by atoms with E-state index in [0.717, 1.165) is 72.7 Å². The standard InChI is InChI=1S/C22H29N7O2S2/c1-22(31)7-2-13(3-8-22)24-19-18-15(6-11-32-18)26-21(28-19)27-17-12-16(29-33-17)20(30)25-14-4-9-23-10-5-14/h6,11-14,23,31H,2-5,7-10H2,1H3,(H,25,30)(H2,24,26,27,28). The van der Waals surface area contributed by atoms with E-state index in [1.54, 1.807) is 17.4 Å². The third kappa shape index (κ3) is 5.43. The number of amides is 1. The summed E-state index contributed by atoms with van der Waals surface area (Å²) in [6, 6.07) is 4.19. The van der Waals surface area contributed by atoms with Gasteiger partial charge >= 0.3 is 0 Å². The topological polar surface area (TPSA) is 124 Å². The SMILES string of the molecule is CC1(O)CCC(Nc2nc(Nc3cc(C(=O)NC4CCNCC4)ns3)nc3ccsc23)CC1. The van der Waals surface area contributed by atoms with E-state index in [9.17, 15) is 9.90 Å². The van der Waals surface area contributed by atoms with Gasteiger partial charge in [0.25, 0.3) is 5.91 Å². The van der Waals surface area contributed by atoms with E-state index < -0.39 is 5.60 Å². The van der Waals surface area contributed by atoms with Crippen molar-refractivity contribution in [1.82, 2.24) is 25.0 Å². The predicted octanol–water partition coefficient (Wildman–Crippen LogP) is 3.48. The zero-order valence-corrected chi connectivity index (χ0v) is 20.2. The first-order chi connectivity index (χ1) is 15.9. The summed E-state index contributed by atoms with van der Waals surface area (Å²) in [5.74, 6) is 1.13. The fraction of sp³-hybridized carbons (Fsp3) is 0.545. The van der Waals surface area contributed by atoms with Gasteiger partial charge in [0.05, 0.1) is 15.8 Å². The van der Waals surface area contributed by atoms with E-state index in [0.29, 0.717) is 11.6 Å². The monoisotopic (exact) mass is 487 g/mol. The van der Waals surface area contributed by atoms with Gasteiger partial charge in [0.15, 0.2) is 0 Å². The van der Waals surface area contributed by atoms with Gasteiger partial charge in [0, 0.05) is 18.2 Å². The second kappa shape index (κ2) is 9.49. The van der Waals surface area contributed by atoms with Crippen LogP contribution in [0.4, 0.5) is 16.8 Å². The lowest BCUT2D eigenvalue weighted by Crippen LogP contribution is -2.42. The van der Waals surface area contributed by atoms with Gasteiger partial charge in [-0.25, -0.2) is 4.98 Å². The van der Waals surface area contributed by atoms with Crippen LogP contribution in [0, 0.1) is 0 Å². The molecule has 0 unspecified atom stereocenters. The van der Waals surface area contributed by atoms with Gasteiger partial charge in [-0.05, 0) is 81.5 Å². The lowest BCUT2D eigenvalue weighted by atomic mass is 9.84. The molecule has 1 aliphatic carbocycles. The normalized spacial score (nSPS) is 24.0. The number of nitrogens with zero attached hydrogens (tertiary/aromatic N) is 3. The van der Waals surface area contributed by atoms with E-state index in [1.807, 2.05) is 18.4 Å². The molecule has 1 amide bonds. The fourth-order valence-corrected chi connectivity index (χ4v) is 5.79. The average Bonchev–Trinajstić information content (AvgIpc) is 3.46. The third-order valence-corrected chi connectivity index (χ3v) is 7.97. The first-order valence-electron chi connectivity index (χ1n) is 11.4. The van der Waals surface area contributed by atoms with Crippen molar-refractivity contribution in [3.05, 3.63) is 23.2 Å². The summed E-state index contributed by atoms with van der Waals surface area (Å²) < 4.78 is 5.34. The highest BCUT2D eigenvalue weighted by molar-refractivity contribution is 7.17. The Labute approximate surface area is 200 Å². The van der Waals surface area contributed by atoms with Gasteiger partial charge in [0.2, 0.25) is 5.95 Å². The largest absolute Gasteiger partial charge is 0.390 e. The zero-order valence-electron chi connectivity index (χ0n) is 18.6. The van der Waals surface area contributed by atoms with Crippen LogP contribution in [0.3, 0.4) is 0 Å². The van der Waals surface area contributed by atoms with Crippen LogP contribution in [-0.2, 0) is 0 Å². The minimum Gasteiger partial charge on any atom is -0.390 e. The van der Waals surface area contributed by atoms with Gasteiger partial charge in [0.1, 0.15) is 16.5 Å². The molecule has 1 saturated heterocycles. The Morgan fingerprint density at radius 2 is 1.97 bits per heavy atom. The Hall–Kier alpha value is -2.34. The highest BCUT2D eigenvalue weighted by Gasteiger charge is 2.29. The van der Waals surface area contributed by atoms with Gasteiger partial charge in [-0.15, -0.1) is 11.3 Å². The Morgan fingerprint density at radius 3 is 2.76 bits per heavy atom. The smallest absolute Gasteiger partial charge is 0.271 e. The maximum Gasteiger partial charge on any atom is 0.271 e. The van der Waals surface area contributed by atoms with E-state index >= 15 is 0 Å². The molecule has 1 aliphatic heterocycles. The van der Waals surface area contributed by atoms with Crippen molar-refractivity contribution in [3.63, 3.8) is 0 Å². The van der Waals surface area contributed by atoms with Crippen LogP contribution < -0.4 is 21.3 Å². The maximum absolute atomic E-state index is 12.6. The number of thiophene rings is 1. The molecular weight excluding hydrogens is 458 g/mol. The van der Waals surface area contributed by atoms with Crippen LogP contribution in [0.1, 0.15) is 55.9 Å². The molecule has 176 valence electrons. The molecule has 0 atom stereocenters. The van der Waals surface area contributed by atoms with Crippen LogP contribution in [0.2, 0.25) is 0 Å². The van der Waals surface area contributed by atoms with Crippen molar-refractivity contribution >= 4 is 55.8 Å². The van der Waals surface area contributed by atoms with E-state index in [2.05, 4.69) is 30.6 Å². The van der Waals surface area contributed by atoms with Crippen LogP contribution in [-0.4, -0.2) is 56.1 Å². The number of anilines is 3. The number of hydrogen-bond donors (Lipinski definition) is 5. The summed E-state index contributed by atoms with van der Waals surface area (Å²) in [7, 11) is 0. The van der Waals surface area contributed by atoms with Crippen molar-refractivity contribution in [2.24, 2.45) is 0 Å². The summed E-state index contributed by atoms with van der Waals surface area (Å²) in [5, 5.41) is 26.1. The summed E-state index contributed by atoms with van der Waals surface area (Å²) in [6.45, 7) is 3.75. The fourth-order valence-electron chi connectivity index (χ4n) is 4.37. The number of carbonyl (C=O) groups excluding carboxylic acids is 1. The van der Waals surface area contributed by atoms with E-state index in [-0.39, 0.29) is 18.0 Å². The molecule has 4 heterocycles. The molecule has 0 spiro atoms. The second-order valence-corrected chi connectivity index (χ2v) is 10.9. The molecule has 3 aromatic heterocycles. The van der Waals surface area contributed by atoms with Crippen molar-refractivity contribution in [1.29, 1.82) is 0 Å². The van der Waals surface area contributed by atoms with Crippen LogP contribution in [0.5, 0.6) is 0 Å². The first kappa shape index (κ1) is 22.5. The Bertz CT molecular complexity index is 1110. The highest BCUT2D eigenvalue weighted by Crippen LogP contribution is 2.33. The number of piperidine rings is 1. The molecule has 11 heteroatoms. The molecule has 0 aromatic carbocycles. The summed E-state index contributed by atoms with van der Waals surface area (Å²) in [5.41, 5.74) is 0.709. The quantitative estimate of drug-likeness (QED) is 0.358. The minimum atomic E-state index is -0.571. The van der Waals surface area contributed by atoms with Gasteiger partial charge in [-0.1, -0.05) is 0 Å². The number of rotatable bonds is 6. The number of aliphatic hydroxyl groups is 1. The van der Waals surface area contributed by atoms with Crippen LogP contribution in [0.25, 0.3) is 10.2 Å². The second-order valence-electron chi connectivity index (χ2n) is 9.15. The molecule has 0 radical (unpaired) electrons. The van der Waals surface area contributed by atoms with E-state index in [4.69, 9.17) is 4.98 Å². The Balaban J connectivity index is 1.28. The van der Waals surface area contributed by atoms with Crippen LogP contribution in [0.15, 0.2) is 17.5 Å². The molecular formula is C22H29N7O2S2. The number of fused-ring (bicyclic) bond motifs is 1. The van der Waals surface area contributed by atoms with Crippen molar-refractivity contribution in [2.75, 3.05) is 23.7 Å². The average molecular weight is 488 g/mol. The van der Waals surface area contributed by atoms with E-state index in [1.165, 1.54) is 11.5 Å². The molecule has 1 saturated carbocycles. The summed E-state index contributed by atoms with van der Waals surface area (Å²) in [6.07, 6.45) is 5.22. The number of carbonyl (C=O) groups is 1. The third-order valence-electron chi connectivity index (χ3n) is 6.36. The summed E-state index contributed by atoms with van der Waals surface area (Å²) in [4.78, 5) is 21.9. The molecule has 9 nitrogen and oxygen atoms in total. The van der Waals surface area contributed by atoms with Gasteiger partial charge in [-0.3, -0.25) is 4.79 Å². The van der Waals surface area contributed by atoms with Gasteiger partial charge in [-0.2, -0.15) is 9.36 Å². The Morgan fingerprint density at radius 1 is 1.18 bits per heavy atom. The van der Waals surface area contributed by atoms with Gasteiger partial charge < -0.3 is 26.4 Å². The maximum atomic E-state index is 12.6. The molecule has 0 bridgehead atoms. The van der Waals surface area contributed by atoms with Crippen molar-refractivity contribution in [2.45, 2.75) is 63.1 Å². The number of nitrogens with one attached hydrogen (secondary N) is 4. The molecule has 5 rings (SSSR count). The zero-order chi connectivity index (χ0) is 22.8. The lowest BCUT2D eigenvalue weighted by molar-refractivity contribution is 0.0196.